The first kappa shape index (κ1) is 17.5. The van der Waals surface area contributed by atoms with Gasteiger partial charge in [0.15, 0.2) is 5.84 Å². The Morgan fingerprint density at radius 3 is 2.93 bits per heavy atom. The molecular formula is C21H21N3O3. The van der Waals surface area contributed by atoms with E-state index in [4.69, 9.17) is 9.47 Å². The largest absolute Gasteiger partial charge is 0.438 e. The van der Waals surface area contributed by atoms with E-state index in [0.29, 0.717) is 29.6 Å². The summed E-state index contributed by atoms with van der Waals surface area (Å²) in [5.74, 6) is 1.39. The van der Waals surface area contributed by atoms with E-state index in [1.165, 1.54) is 0 Å². The van der Waals surface area contributed by atoms with Gasteiger partial charge < -0.3 is 9.47 Å². The second-order valence-corrected chi connectivity index (χ2v) is 6.37. The van der Waals surface area contributed by atoms with Crippen molar-refractivity contribution in [2.75, 3.05) is 13.2 Å². The maximum Gasteiger partial charge on any atom is 0.230 e. The molecule has 6 nitrogen and oxygen atoms in total. The summed E-state index contributed by atoms with van der Waals surface area (Å²) in [7, 11) is 0. The van der Waals surface area contributed by atoms with Gasteiger partial charge >= 0.3 is 0 Å². The van der Waals surface area contributed by atoms with E-state index in [2.05, 4.69) is 15.5 Å². The van der Waals surface area contributed by atoms with Crippen LogP contribution in [0.5, 0.6) is 11.6 Å². The van der Waals surface area contributed by atoms with Crippen LogP contribution < -0.4 is 10.2 Å². The fourth-order valence-corrected chi connectivity index (χ4v) is 3.20. The molecule has 1 aliphatic heterocycles. The third-order valence-electron chi connectivity index (χ3n) is 4.57. The average molecular weight is 363 g/mol. The van der Waals surface area contributed by atoms with Crippen LogP contribution in [0.2, 0.25) is 0 Å². The Hall–Kier alpha value is -2.96. The molecule has 0 aliphatic carbocycles. The van der Waals surface area contributed by atoms with Crippen LogP contribution in [-0.2, 0) is 4.74 Å². The first-order chi connectivity index (χ1) is 13.3. The van der Waals surface area contributed by atoms with Gasteiger partial charge in [0.1, 0.15) is 5.75 Å². The maximum absolute atomic E-state index is 9.61. The molecule has 2 heterocycles. The molecule has 138 valence electrons. The zero-order chi connectivity index (χ0) is 18.5. The van der Waals surface area contributed by atoms with Crippen molar-refractivity contribution >= 4 is 16.6 Å². The molecule has 2 aromatic carbocycles. The SMILES string of the molecule is ONC(=NCC1CCCO1)c1cccnc1Oc1cccc2ccccc12. The fraction of sp³-hybridized carbons (Fsp3) is 0.238. The molecular weight excluding hydrogens is 342 g/mol. The number of aliphatic imine (C=N–C) groups is 1. The molecule has 0 saturated carbocycles. The van der Waals surface area contributed by atoms with Gasteiger partial charge in [-0.3, -0.25) is 15.7 Å². The summed E-state index contributed by atoms with van der Waals surface area (Å²) in [6.07, 6.45) is 3.77. The zero-order valence-corrected chi connectivity index (χ0v) is 14.8. The van der Waals surface area contributed by atoms with Gasteiger partial charge in [-0.05, 0) is 36.4 Å². The summed E-state index contributed by atoms with van der Waals surface area (Å²) in [4.78, 5) is 8.81. The molecule has 0 radical (unpaired) electrons. The van der Waals surface area contributed by atoms with Gasteiger partial charge in [-0.1, -0.05) is 36.4 Å². The number of benzene rings is 2. The van der Waals surface area contributed by atoms with Crippen molar-refractivity contribution in [3.05, 3.63) is 66.4 Å². The van der Waals surface area contributed by atoms with Crippen LogP contribution in [0.15, 0.2) is 65.8 Å². The van der Waals surface area contributed by atoms with Gasteiger partial charge in [0.2, 0.25) is 5.88 Å². The number of rotatable bonds is 5. The molecule has 3 aromatic rings. The quantitative estimate of drug-likeness (QED) is 0.408. The molecule has 27 heavy (non-hydrogen) atoms. The van der Waals surface area contributed by atoms with Gasteiger partial charge in [-0.2, -0.15) is 0 Å². The molecule has 0 amide bonds. The first-order valence-electron chi connectivity index (χ1n) is 9.02. The monoisotopic (exact) mass is 363 g/mol. The van der Waals surface area contributed by atoms with Crippen LogP contribution in [0.1, 0.15) is 18.4 Å². The number of hydrogen-bond donors (Lipinski definition) is 2. The highest BCUT2D eigenvalue weighted by atomic mass is 16.5. The number of hydrogen-bond acceptors (Lipinski definition) is 5. The molecule has 0 bridgehead atoms. The predicted molar refractivity (Wildman–Crippen MR) is 104 cm³/mol. The van der Waals surface area contributed by atoms with E-state index < -0.39 is 0 Å². The van der Waals surface area contributed by atoms with Crippen molar-refractivity contribution in [2.24, 2.45) is 4.99 Å². The molecule has 1 unspecified atom stereocenters. The maximum atomic E-state index is 9.61. The minimum absolute atomic E-state index is 0.0902. The van der Waals surface area contributed by atoms with E-state index in [9.17, 15) is 5.21 Å². The van der Waals surface area contributed by atoms with Crippen LogP contribution >= 0.6 is 0 Å². The van der Waals surface area contributed by atoms with Crippen molar-refractivity contribution in [3.63, 3.8) is 0 Å². The lowest BCUT2D eigenvalue weighted by Crippen LogP contribution is -2.23. The highest BCUT2D eigenvalue weighted by molar-refractivity contribution is 6.00. The number of nitrogens with one attached hydrogen (secondary N) is 1. The average Bonchev–Trinajstić information content (AvgIpc) is 3.23. The minimum atomic E-state index is 0.0902. The number of nitrogens with zero attached hydrogens (tertiary/aromatic N) is 2. The van der Waals surface area contributed by atoms with E-state index in [1.807, 2.05) is 48.5 Å². The summed E-state index contributed by atoms with van der Waals surface area (Å²) >= 11 is 0. The molecule has 1 aromatic heterocycles. The van der Waals surface area contributed by atoms with Gasteiger partial charge in [-0.15, -0.1) is 0 Å². The number of pyridine rings is 1. The smallest absolute Gasteiger partial charge is 0.230 e. The molecule has 4 rings (SSSR count). The molecule has 1 aliphatic rings. The summed E-state index contributed by atoms with van der Waals surface area (Å²) in [5.41, 5.74) is 2.77. The molecule has 1 atom stereocenters. The van der Waals surface area contributed by atoms with E-state index in [1.54, 1.807) is 12.3 Å². The van der Waals surface area contributed by atoms with Crippen LogP contribution in [0.3, 0.4) is 0 Å². The number of fused-ring (bicyclic) bond motifs is 1. The van der Waals surface area contributed by atoms with Crippen molar-refractivity contribution in [1.29, 1.82) is 0 Å². The summed E-state index contributed by atoms with van der Waals surface area (Å²) in [5, 5.41) is 11.7. The highest BCUT2D eigenvalue weighted by Gasteiger charge is 2.17. The van der Waals surface area contributed by atoms with Crippen LogP contribution in [0.25, 0.3) is 10.8 Å². The lowest BCUT2D eigenvalue weighted by Gasteiger charge is -2.13. The third-order valence-corrected chi connectivity index (χ3v) is 4.57. The topological polar surface area (TPSA) is 76.0 Å². The van der Waals surface area contributed by atoms with Crippen molar-refractivity contribution in [2.45, 2.75) is 18.9 Å². The number of amidine groups is 1. The normalized spacial score (nSPS) is 17.2. The van der Waals surface area contributed by atoms with Crippen LogP contribution in [0, 0.1) is 0 Å². The van der Waals surface area contributed by atoms with Crippen molar-refractivity contribution in [3.8, 4) is 11.6 Å². The number of hydroxylamine groups is 1. The number of aromatic nitrogens is 1. The predicted octanol–water partition coefficient (Wildman–Crippen LogP) is 3.93. The number of ether oxygens (including phenoxy) is 2. The Morgan fingerprint density at radius 2 is 2.07 bits per heavy atom. The molecule has 6 heteroatoms. The summed E-state index contributed by atoms with van der Waals surface area (Å²) in [6, 6.07) is 17.5. The molecule has 2 N–H and O–H groups in total. The molecule has 1 saturated heterocycles. The van der Waals surface area contributed by atoms with Gasteiger partial charge in [0.25, 0.3) is 0 Å². The second kappa shape index (κ2) is 8.16. The van der Waals surface area contributed by atoms with Crippen LogP contribution in [0.4, 0.5) is 0 Å². The Bertz CT molecular complexity index is 947. The Kier molecular flexibility index (Phi) is 5.27. The standard InChI is InChI=1S/C21H21N3O3/c25-24-20(23-14-16-8-5-13-26-16)18-10-4-12-22-21(18)27-19-11-3-7-15-6-1-2-9-17(15)19/h1-4,6-7,9-12,16,25H,5,8,13-14H2,(H,23,24). The Balaban J connectivity index is 1.64. The van der Waals surface area contributed by atoms with Crippen molar-refractivity contribution in [1.82, 2.24) is 10.5 Å². The van der Waals surface area contributed by atoms with E-state index in [-0.39, 0.29) is 6.10 Å². The highest BCUT2D eigenvalue weighted by Crippen LogP contribution is 2.30. The van der Waals surface area contributed by atoms with Crippen LogP contribution in [-0.4, -0.2) is 35.3 Å². The third kappa shape index (κ3) is 3.92. The second-order valence-electron chi connectivity index (χ2n) is 6.37. The first-order valence-corrected chi connectivity index (χ1v) is 9.02. The minimum Gasteiger partial charge on any atom is -0.438 e. The van der Waals surface area contributed by atoms with Gasteiger partial charge in [0, 0.05) is 18.2 Å². The summed E-state index contributed by atoms with van der Waals surface area (Å²) in [6.45, 7) is 1.25. The fourth-order valence-electron chi connectivity index (χ4n) is 3.20. The molecule has 0 spiro atoms. The lowest BCUT2D eigenvalue weighted by molar-refractivity contribution is 0.117. The van der Waals surface area contributed by atoms with E-state index in [0.717, 1.165) is 30.2 Å². The summed E-state index contributed by atoms with van der Waals surface area (Å²) < 4.78 is 11.7. The Morgan fingerprint density at radius 1 is 1.19 bits per heavy atom. The zero-order valence-electron chi connectivity index (χ0n) is 14.8. The van der Waals surface area contributed by atoms with Gasteiger partial charge in [0.05, 0.1) is 18.2 Å². The molecule has 1 fully saturated rings. The van der Waals surface area contributed by atoms with Crippen molar-refractivity contribution < 1.29 is 14.7 Å². The Labute approximate surface area is 157 Å². The van der Waals surface area contributed by atoms with E-state index >= 15 is 0 Å². The van der Waals surface area contributed by atoms with Gasteiger partial charge in [-0.25, -0.2) is 4.98 Å². The lowest BCUT2D eigenvalue weighted by atomic mass is 10.1.